The molecule has 0 aromatic heterocycles. The molecule has 0 aromatic carbocycles. The van der Waals surface area contributed by atoms with Crippen molar-refractivity contribution in [2.75, 3.05) is 0 Å². The number of hydrogen-bond acceptors (Lipinski definition) is 4. The fraction of sp³-hybridized carbons (Fsp3) is 0.400. The minimum atomic E-state index is -4.88. The molecule has 0 rings (SSSR count). The van der Waals surface area contributed by atoms with E-state index in [1.165, 1.54) is 0 Å². The van der Waals surface area contributed by atoms with Crippen LogP contribution in [0.4, 0.5) is 26.3 Å². The molecule has 0 amide bonds. The topological polar surface area (TPSA) is 74.6 Å². The van der Waals surface area contributed by atoms with Gasteiger partial charge in [-0.25, -0.2) is 0 Å². The third-order valence-electron chi connectivity index (χ3n) is 1.24. The van der Waals surface area contributed by atoms with Crippen molar-refractivity contribution in [1.82, 2.24) is 0 Å². The van der Waals surface area contributed by atoms with Crippen LogP contribution in [0.25, 0.3) is 0 Å². The molecule has 2 N–H and O–H groups in total. The van der Waals surface area contributed by atoms with Crippen LogP contribution < -0.4 is 0 Å². The van der Waals surface area contributed by atoms with Crippen LogP contribution in [0.3, 0.4) is 0 Å². The van der Waals surface area contributed by atoms with Crippen LogP contribution in [0.2, 0.25) is 0 Å². The van der Waals surface area contributed by atoms with Gasteiger partial charge in [0.15, 0.2) is 0 Å². The Kier molecular flexibility index (Phi) is 11.1. The number of halogens is 6. The van der Waals surface area contributed by atoms with Crippen molar-refractivity contribution in [2.45, 2.75) is 26.2 Å². The van der Waals surface area contributed by atoms with Crippen LogP contribution in [0.1, 0.15) is 13.8 Å². The van der Waals surface area contributed by atoms with Crippen LogP contribution in [0.5, 0.6) is 0 Å². The zero-order valence-electron chi connectivity index (χ0n) is 10.5. The van der Waals surface area contributed by atoms with E-state index in [0.29, 0.717) is 0 Å². The summed E-state index contributed by atoms with van der Waals surface area (Å²) in [5, 5.41) is 16.5. The molecule has 0 spiro atoms. The molecule has 4 nitrogen and oxygen atoms in total. The van der Waals surface area contributed by atoms with Crippen LogP contribution in [-0.2, 0) is 27.0 Å². The maximum Gasteiger partial charge on any atom is 0.454 e. The van der Waals surface area contributed by atoms with Gasteiger partial charge in [-0.2, -0.15) is 26.3 Å². The molecule has 0 aromatic rings. The van der Waals surface area contributed by atoms with Gasteiger partial charge in [0.05, 0.1) is 11.5 Å². The molecule has 0 saturated heterocycles. The monoisotopic (exact) mass is 360 g/mol. The SMILES string of the molecule is C/C(O)=C/C(=O)C(F)(F)F.C/C(O)=C/C(=O)C(F)(F)F.[Cr]. The zero-order chi connectivity index (χ0) is 16.7. The van der Waals surface area contributed by atoms with Crippen LogP contribution in [0.15, 0.2) is 23.7 Å². The predicted molar refractivity (Wildman–Crippen MR) is 54.9 cm³/mol. The number of ketones is 2. The van der Waals surface area contributed by atoms with Crippen LogP contribution in [0, 0.1) is 0 Å². The average Bonchev–Trinajstić information content (AvgIpc) is 2.13. The summed E-state index contributed by atoms with van der Waals surface area (Å²) in [5.74, 6) is -5.40. The van der Waals surface area contributed by atoms with E-state index >= 15 is 0 Å². The normalized spacial score (nSPS) is 12.8. The number of hydrogen-bond donors (Lipinski definition) is 2. The van der Waals surface area contributed by atoms with Gasteiger partial charge in [0, 0.05) is 29.5 Å². The van der Waals surface area contributed by atoms with Crippen molar-refractivity contribution in [3.05, 3.63) is 23.7 Å². The summed E-state index contributed by atoms with van der Waals surface area (Å²) in [6, 6.07) is 0. The van der Waals surface area contributed by atoms with E-state index in [9.17, 15) is 35.9 Å². The summed E-state index contributed by atoms with van der Waals surface area (Å²) in [4.78, 5) is 19.8. The predicted octanol–water partition coefficient (Wildman–Crippen LogP) is 3.16. The maximum atomic E-state index is 11.3. The minimum Gasteiger partial charge on any atom is -0.512 e. The molecule has 0 aliphatic rings. The molecule has 0 atom stereocenters. The zero-order valence-corrected chi connectivity index (χ0v) is 11.8. The van der Waals surface area contributed by atoms with Crippen LogP contribution in [-0.4, -0.2) is 34.1 Å². The summed E-state index contributed by atoms with van der Waals surface area (Å²) >= 11 is 0. The van der Waals surface area contributed by atoms with Gasteiger partial charge in [0.1, 0.15) is 0 Å². The van der Waals surface area contributed by atoms with Gasteiger partial charge in [0.25, 0.3) is 11.6 Å². The van der Waals surface area contributed by atoms with E-state index in [1.54, 1.807) is 0 Å². The van der Waals surface area contributed by atoms with Gasteiger partial charge in [-0.15, -0.1) is 0 Å². The van der Waals surface area contributed by atoms with E-state index < -0.39 is 35.4 Å². The van der Waals surface area contributed by atoms with Gasteiger partial charge in [-0.05, 0) is 13.8 Å². The van der Waals surface area contributed by atoms with Gasteiger partial charge < -0.3 is 10.2 Å². The number of aliphatic hydroxyl groups excluding tert-OH is 2. The van der Waals surface area contributed by atoms with Crippen LogP contribution >= 0.6 is 0 Å². The molecule has 21 heavy (non-hydrogen) atoms. The minimum absolute atomic E-state index is 0. The summed E-state index contributed by atoms with van der Waals surface area (Å²) in [6.45, 7) is 1.98. The Balaban J connectivity index is -0.000000295. The first-order chi connectivity index (χ1) is 8.67. The van der Waals surface area contributed by atoms with E-state index in [0.717, 1.165) is 13.8 Å². The van der Waals surface area contributed by atoms with Gasteiger partial charge in [-0.3, -0.25) is 9.59 Å². The Bertz CT molecular complexity index is 374. The Labute approximate surface area is 125 Å². The van der Waals surface area contributed by atoms with Crippen molar-refractivity contribution in [2.24, 2.45) is 0 Å². The molecular formula is C10H10CrF6O4. The molecule has 122 valence electrons. The fourth-order valence-corrected chi connectivity index (χ4v) is 0.543. The van der Waals surface area contributed by atoms with Gasteiger partial charge in [-0.1, -0.05) is 0 Å². The smallest absolute Gasteiger partial charge is 0.454 e. The van der Waals surface area contributed by atoms with Crippen molar-refractivity contribution in [3.63, 3.8) is 0 Å². The summed E-state index contributed by atoms with van der Waals surface area (Å²) in [5.41, 5.74) is 0. The Hall–Kier alpha value is -1.47. The summed E-state index contributed by atoms with van der Waals surface area (Å²) in [7, 11) is 0. The first-order valence-corrected chi connectivity index (χ1v) is 4.64. The second kappa shape index (κ2) is 9.47. The average molecular weight is 360 g/mol. The van der Waals surface area contributed by atoms with Crippen molar-refractivity contribution in [3.8, 4) is 0 Å². The first kappa shape index (κ1) is 24.5. The number of rotatable bonds is 2. The number of allylic oxidation sites excluding steroid dienone is 4. The molecule has 0 saturated carbocycles. The third kappa shape index (κ3) is 14.7. The van der Waals surface area contributed by atoms with E-state index in [2.05, 4.69) is 0 Å². The summed E-state index contributed by atoms with van der Waals surface area (Å²) in [6.07, 6.45) is -9.52. The Morgan fingerprint density at radius 3 is 1.00 bits per heavy atom. The number of aliphatic hydroxyl groups is 2. The number of carbonyl (C=O) groups excluding carboxylic acids is 2. The number of carbonyl (C=O) groups is 2. The van der Waals surface area contributed by atoms with E-state index in [1.807, 2.05) is 0 Å². The molecule has 11 heteroatoms. The quantitative estimate of drug-likeness (QED) is 0.451. The molecule has 0 radical (unpaired) electrons. The van der Waals surface area contributed by atoms with E-state index in [-0.39, 0.29) is 29.5 Å². The second-order valence-corrected chi connectivity index (χ2v) is 3.30. The maximum absolute atomic E-state index is 11.3. The molecule has 0 unspecified atom stereocenters. The molecule has 0 aliphatic heterocycles. The van der Waals surface area contributed by atoms with E-state index in [4.69, 9.17) is 10.2 Å². The summed E-state index contributed by atoms with van der Waals surface area (Å²) < 4.78 is 67.8. The molecule has 0 aliphatic carbocycles. The molecule has 0 fully saturated rings. The largest absolute Gasteiger partial charge is 0.512 e. The van der Waals surface area contributed by atoms with Gasteiger partial charge in [0.2, 0.25) is 0 Å². The Morgan fingerprint density at radius 1 is 0.762 bits per heavy atom. The number of alkyl halides is 6. The first-order valence-electron chi connectivity index (χ1n) is 4.64. The van der Waals surface area contributed by atoms with Crippen molar-refractivity contribution >= 4 is 11.6 Å². The molecular weight excluding hydrogens is 350 g/mol. The second-order valence-electron chi connectivity index (χ2n) is 3.30. The standard InChI is InChI=1S/2C5H5F3O2.Cr/c2*1-3(9)2-4(10)5(6,7)8;/h2*2,9H,1H3;/b2*3-2-;. The Morgan fingerprint density at radius 2 is 0.952 bits per heavy atom. The van der Waals surface area contributed by atoms with Crippen molar-refractivity contribution in [1.29, 1.82) is 0 Å². The van der Waals surface area contributed by atoms with Gasteiger partial charge >= 0.3 is 12.4 Å². The van der Waals surface area contributed by atoms with Crippen molar-refractivity contribution < 1.29 is 63.5 Å². The fourth-order valence-electron chi connectivity index (χ4n) is 0.543. The molecule has 0 heterocycles. The molecule has 0 bridgehead atoms. The third-order valence-corrected chi connectivity index (χ3v) is 1.24.